The van der Waals surface area contributed by atoms with E-state index in [1.165, 1.54) is 50.7 Å². The lowest BCUT2D eigenvalue weighted by Crippen LogP contribution is -2.34. The molecule has 2 N–H and O–H groups in total. The van der Waals surface area contributed by atoms with Crippen molar-refractivity contribution in [1.29, 1.82) is 0 Å². The number of halogens is 1. The smallest absolute Gasteiger partial charge is 0.123 e. The van der Waals surface area contributed by atoms with Gasteiger partial charge in [-0.05, 0) is 30.5 Å². The molecule has 1 aliphatic rings. The van der Waals surface area contributed by atoms with Crippen LogP contribution in [0.2, 0.25) is 0 Å². The topological polar surface area (TPSA) is 32.3 Å². The minimum atomic E-state index is -0.232. The molecular weight excluding hydrogens is 229 g/mol. The third-order valence-electron chi connectivity index (χ3n) is 3.75. The van der Waals surface area contributed by atoms with Crippen LogP contribution in [0.3, 0.4) is 0 Å². The van der Waals surface area contributed by atoms with Crippen molar-refractivity contribution in [2.45, 2.75) is 50.6 Å². The molecule has 0 saturated heterocycles. The van der Waals surface area contributed by atoms with Gasteiger partial charge >= 0.3 is 0 Å². The molecule has 1 saturated carbocycles. The first-order valence-electron chi connectivity index (χ1n) is 6.92. The van der Waals surface area contributed by atoms with Gasteiger partial charge in [0.15, 0.2) is 0 Å². The first-order valence-corrected chi connectivity index (χ1v) is 6.92. The minimum absolute atomic E-state index is 0.0577. The van der Waals surface area contributed by atoms with Crippen molar-refractivity contribution in [2.24, 2.45) is 0 Å². The molecule has 100 valence electrons. The molecule has 1 fully saturated rings. The molecule has 2 nitrogen and oxygen atoms in total. The highest BCUT2D eigenvalue weighted by molar-refractivity contribution is 5.20. The number of aliphatic hydroxyl groups is 1. The van der Waals surface area contributed by atoms with Crippen molar-refractivity contribution < 1.29 is 9.50 Å². The van der Waals surface area contributed by atoms with Crippen LogP contribution in [0.15, 0.2) is 24.3 Å². The molecule has 1 aromatic carbocycles. The van der Waals surface area contributed by atoms with E-state index in [1.54, 1.807) is 12.1 Å². The molecule has 0 heterocycles. The highest BCUT2D eigenvalue weighted by atomic mass is 19.1. The monoisotopic (exact) mass is 251 g/mol. The van der Waals surface area contributed by atoms with Crippen molar-refractivity contribution in [3.05, 3.63) is 35.6 Å². The van der Waals surface area contributed by atoms with Gasteiger partial charge in [-0.1, -0.05) is 37.8 Å². The van der Waals surface area contributed by atoms with Crippen molar-refractivity contribution in [3.8, 4) is 0 Å². The molecule has 0 aliphatic heterocycles. The van der Waals surface area contributed by atoms with E-state index in [0.29, 0.717) is 6.04 Å². The summed E-state index contributed by atoms with van der Waals surface area (Å²) in [6.07, 6.45) is 7.52. The quantitative estimate of drug-likeness (QED) is 0.806. The lowest BCUT2D eigenvalue weighted by atomic mass is 10.0. The fourth-order valence-electron chi connectivity index (χ4n) is 2.68. The first-order chi connectivity index (χ1) is 8.79. The van der Waals surface area contributed by atoms with Crippen LogP contribution in [0.5, 0.6) is 0 Å². The third-order valence-corrected chi connectivity index (χ3v) is 3.75. The summed E-state index contributed by atoms with van der Waals surface area (Å²) in [5.74, 6) is -0.232. The zero-order valence-corrected chi connectivity index (χ0v) is 10.7. The molecule has 0 amide bonds. The number of hydrogen-bond acceptors (Lipinski definition) is 2. The lowest BCUT2D eigenvalue weighted by Gasteiger charge is -2.24. The molecule has 1 aromatic rings. The molecule has 2 rings (SSSR count). The zero-order valence-electron chi connectivity index (χ0n) is 10.7. The van der Waals surface area contributed by atoms with Gasteiger partial charge in [0.25, 0.3) is 0 Å². The minimum Gasteiger partial charge on any atom is -0.394 e. The number of rotatable bonds is 4. The largest absolute Gasteiger partial charge is 0.394 e. The summed E-state index contributed by atoms with van der Waals surface area (Å²) in [6.45, 7) is 0.0577. The van der Waals surface area contributed by atoms with E-state index in [1.807, 2.05) is 0 Å². The summed E-state index contributed by atoms with van der Waals surface area (Å²) in [5, 5.41) is 13.0. The number of aliphatic hydroxyl groups excluding tert-OH is 1. The van der Waals surface area contributed by atoms with E-state index in [0.717, 1.165) is 5.56 Å². The van der Waals surface area contributed by atoms with E-state index in [2.05, 4.69) is 5.32 Å². The molecule has 1 aliphatic carbocycles. The van der Waals surface area contributed by atoms with E-state index in [-0.39, 0.29) is 18.5 Å². The molecule has 1 unspecified atom stereocenters. The molecule has 1 atom stereocenters. The fraction of sp³-hybridized carbons (Fsp3) is 0.600. The molecule has 3 heteroatoms. The van der Waals surface area contributed by atoms with E-state index in [4.69, 9.17) is 0 Å². The second kappa shape index (κ2) is 6.86. The maximum Gasteiger partial charge on any atom is 0.123 e. The predicted octanol–water partition coefficient (Wildman–Crippen LogP) is 3.17. The van der Waals surface area contributed by atoms with Crippen molar-refractivity contribution in [3.63, 3.8) is 0 Å². The van der Waals surface area contributed by atoms with E-state index in [9.17, 15) is 9.50 Å². The molecular formula is C15H22FNO. The lowest BCUT2D eigenvalue weighted by molar-refractivity contribution is 0.228. The van der Waals surface area contributed by atoms with Gasteiger partial charge < -0.3 is 10.4 Å². The second-order valence-electron chi connectivity index (χ2n) is 5.14. The van der Waals surface area contributed by atoms with Crippen LogP contribution in [0.25, 0.3) is 0 Å². The van der Waals surface area contributed by atoms with Crippen LogP contribution in [0.4, 0.5) is 4.39 Å². The summed E-state index contributed by atoms with van der Waals surface area (Å²) < 4.78 is 12.9. The second-order valence-corrected chi connectivity index (χ2v) is 5.14. The summed E-state index contributed by atoms with van der Waals surface area (Å²) in [7, 11) is 0. The van der Waals surface area contributed by atoms with Gasteiger partial charge in [-0.2, -0.15) is 0 Å². The van der Waals surface area contributed by atoms with Crippen LogP contribution < -0.4 is 5.32 Å². The summed E-state index contributed by atoms with van der Waals surface area (Å²) in [4.78, 5) is 0. The van der Waals surface area contributed by atoms with Gasteiger partial charge in [-0.3, -0.25) is 0 Å². The van der Waals surface area contributed by atoms with Crippen LogP contribution >= 0.6 is 0 Å². The molecule has 0 spiro atoms. The molecule has 0 aromatic heterocycles. The SMILES string of the molecule is OCC(NC1CCCCCC1)c1ccc(F)cc1. The van der Waals surface area contributed by atoms with Gasteiger partial charge in [-0.25, -0.2) is 4.39 Å². The number of nitrogens with one attached hydrogen (secondary N) is 1. The average Bonchev–Trinajstić information content (AvgIpc) is 2.66. The maximum absolute atomic E-state index is 12.9. The Morgan fingerprint density at radius 2 is 1.72 bits per heavy atom. The first kappa shape index (κ1) is 13.5. The van der Waals surface area contributed by atoms with Gasteiger partial charge in [0.2, 0.25) is 0 Å². The Morgan fingerprint density at radius 3 is 2.28 bits per heavy atom. The third kappa shape index (κ3) is 3.79. The Morgan fingerprint density at radius 1 is 1.11 bits per heavy atom. The van der Waals surface area contributed by atoms with Crippen LogP contribution in [-0.4, -0.2) is 17.8 Å². The molecule has 0 radical (unpaired) electrons. The van der Waals surface area contributed by atoms with Gasteiger partial charge in [0, 0.05) is 6.04 Å². The Labute approximate surface area is 108 Å². The van der Waals surface area contributed by atoms with Crippen molar-refractivity contribution >= 4 is 0 Å². The van der Waals surface area contributed by atoms with Crippen LogP contribution in [0, 0.1) is 5.82 Å². The standard InChI is InChI=1S/C15H22FNO/c16-13-9-7-12(8-10-13)15(11-18)17-14-5-3-1-2-4-6-14/h7-10,14-15,17-18H,1-6,11H2. The summed E-state index contributed by atoms with van der Waals surface area (Å²) >= 11 is 0. The zero-order chi connectivity index (χ0) is 12.8. The van der Waals surface area contributed by atoms with Crippen molar-refractivity contribution in [1.82, 2.24) is 5.32 Å². The molecule has 18 heavy (non-hydrogen) atoms. The van der Waals surface area contributed by atoms with E-state index >= 15 is 0 Å². The Bertz CT molecular complexity index is 344. The average molecular weight is 251 g/mol. The van der Waals surface area contributed by atoms with E-state index < -0.39 is 0 Å². The predicted molar refractivity (Wildman–Crippen MR) is 70.9 cm³/mol. The van der Waals surface area contributed by atoms with Crippen molar-refractivity contribution in [2.75, 3.05) is 6.61 Å². The fourth-order valence-corrected chi connectivity index (χ4v) is 2.68. The Balaban J connectivity index is 1.97. The summed E-state index contributed by atoms with van der Waals surface area (Å²) in [6, 6.07) is 6.81. The Kier molecular flexibility index (Phi) is 5.14. The highest BCUT2D eigenvalue weighted by Crippen LogP contribution is 2.21. The highest BCUT2D eigenvalue weighted by Gasteiger charge is 2.17. The maximum atomic E-state index is 12.9. The molecule has 0 bridgehead atoms. The van der Waals surface area contributed by atoms with Gasteiger partial charge in [0.1, 0.15) is 5.82 Å². The summed E-state index contributed by atoms with van der Waals surface area (Å²) in [5.41, 5.74) is 0.961. The number of hydrogen-bond donors (Lipinski definition) is 2. The number of benzene rings is 1. The van der Waals surface area contributed by atoms with Crippen LogP contribution in [-0.2, 0) is 0 Å². The van der Waals surface area contributed by atoms with Crippen LogP contribution in [0.1, 0.15) is 50.1 Å². The van der Waals surface area contributed by atoms with Gasteiger partial charge in [-0.15, -0.1) is 0 Å². The van der Waals surface area contributed by atoms with Gasteiger partial charge in [0.05, 0.1) is 12.6 Å². The normalized spacial score (nSPS) is 19.4. The Hall–Kier alpha value is -0.930.